The van der Waals surface area contributed by atoms with Gasteiger partial charge in [0.25, 0.3) is 0 Å². The van der Waals surface area contributed by atoms with Crippen molar-refractivity contribution in [2.75, 3.05) is 10.7 Å². The van der Waals surface area contributed by atoms with Crippen LogP contribution in [0.15, 0.2) is 77.7 Å². The zero-order valence-electron chi connectivity index (χ0n) is 16.7. The van der Waals surface area contributed by atoms with Crippen molar-refractivity contribution in [1.82, 2.24) is 4.98 Å². The van der Waals surface area contributed by atoms with Gasteiger partial charge in [-0.05, 0) is 23.8 Å². The van der Waals surface area contributed by atoms with Crippen molar-refractivity contribution >= 4 is 42.4 Å². The Balaban J connectivity index is 1.64. The molecule has 0 spiro atoms. The summed E-state index contributed by atoms with van der Waals surface area (Å²) in [6.45, 7) is 0.120. The Bertz CT molecular complexity index is 1360. The summed E-state index contributed by atoms with van der Waals surface area (Å²) in [5.74, 6) is -2.41. The number of carbonyl (C=O) groups excluding carboxylic acids is 1. The highest BCUT2D eigenvalue weighted by Gasteiger charge is 2.24. The smallest absolute Gasteiger partial charge is 0.230 e. The van der Waals surface area contributed by atoms with Gasteiger partial charge < -0.3 is 0 Å². The minimum atomic E-state index is -3.65. The first-order valence-electron chi connectivity index (χ1n) is 9.71. The van der Waals surface area contributed by atoms with Crippen LogP contribution in [0.5, 0.6) is 0 Å². The van der Waals surface area contributed by atoms with Crippen molar-refractivity contribution in [3.8, 4) is 0 Å². The molecule has 0 saturated carbocycles. The van der Waals surface area contributed by atoms with Crippen LogP contribution >= 0.6 is 11.3 Å². The second-order valence-electron chi connectivity index (χ2n) is 7.08. The lowest BCUT2D eigenvalue weighted by atomic mass is 10.2. The van der Waals surface area contributed by atoms with E-state index in [-0.39, 0.29) is 39.0 Å². The van der Waals surface area contributed by atoms with Gasteiger partial charge in [0.2, 0.25) is 5.91 Å². The van der Waals surface area contributed by atoms with E-state index in [1.165, 1.54) is 17.0 Å². The van der Waals surface area contributed by atoms with Crippen LogP contribution in [-0.4, -0.2) is 25.1 Å². The van der Waals surface area contributed by atoms with E-state index < -0.39 is 27.4 Å². The molecule has 0 unspecified atom stereocenters. The van der Waals surface area contributed by atoms with E-state index in [1.54, 1.807) is 18.2 Å². The van der Waals surface area contributed by atoms with Gasteiger partial charge in [-0.25, -0.2) is 22.2 Å². The van der Waals surface area contributed by atoms with E-state index in [9.17, 15) is 22.0 Å². The van der Waals surface area contributed by atoms with Crippen LogP contribution in [0.4, 0.5) is 13.9 Å². The summed E-state index contributed by atoms with van der Waals surface area (Å²) in [6, 6.07) is 18.9. The van der Waals surface area contributed by atoms with E-state index in [0.29, 0.717) is 0 Å². The van der Waals surface area contributed by atoms with E-state index in [4.69, 9.17) is 0 Å². The first-order valence-corrected chi connectivity index (χ1v) is 12.2. The largest absolute Gasteiger partial charge is 0.284 e. The topological polar surface area (TPSA) is 67.3 Å². The number of hydrogen-bond donors (Lipinski definition) is 0. The first-order chi connectivity index (χ1) is 15.3. The molecule has 0 fully saturated rings. The van der Waals surface area contributed by atoms with Gasteiger partial charge in [-0.2, -0.15) is 0 Å². The minimum absolute atomic E-state index is 0.0332. The Kier molecular flexibility index (Phi) is 6.29. The number of fused-ring (bicyclic) bond motifs is 1. The third kappa shape index (κ3) is 4.84. The van der Waals surface area contributed by atoms with Gasteiger partial charge in [0.1, 0.15) is 11.3 Å². The highest BCUT2D eigenvalue weighted by molar-refractivity contribution is 7.91. The Labute approximate surface area is 187 Å². The third-order valence-corrected chi connectivity index (χ3v) is 7.56. The molecule has 4 aromatic rings. The molecule has 4 rings (SSSR count). The van der Waals surface area contributed by atoms with Gasteiger partial charge in [0, 0.05) is 12.5 Å². The van der Waals surface area contributed by atoms with Crippen molar-refractivity contribution in [2.45, 2.75) is 17.9 Å². The summed E-state index contributed by atoms with van der Waals surface area (Å²) in [5, 5.41) is 0.176. The fraction of sp³-hybridized carbons (Fsp3) is 0.130. The quantitative estimate of drug-likeness (QED) is 0.381. The molecule has 0 aliphatic carbocycles. The SMILES string of the molecule is O=C(CCS(=O)(=O)c1ccccc1)N(Cc1ccccc1)c1nc2c(F)cc(F)cc2s1. The normalized spacial score (nSPS) is 11.6. The average molecular weight is 473 g/mol. The number of carbonyl (C=O) groups is 1. The third-order valence-electron chi connectivity index (χ3n) is 4.80. The molecule has 0 aliphatic heterocycles. The lowest BCUT2D eigenvalue weighted by Crippen LogP contribution is -2.31. The molecular formula is C23H18F2N2O3S2. The second-order valence-corrected chi connectivity index (χ2v) is 10.2. The Hall–Kier alpha value is -3.17. The number of thiazole rings is 1. The first kappa shape index (κ1) is 22.0. The van der Waals surface area contributed by atoms with Crippen molar-refractivity contribution < 1.29 is 22.0 Å². The van der Waals surface area contributed by atoms with Crippen molar-refractivity contribution in [3.05, 3.63) is 90.0 Å². The van der Waals surface area contributed by atoms with Gasteiger partial charge in [0.05, 0.1) is 21.9 Å². The predicted molar refractivity (Wildman–Crippen MR) is 120 cm³/mol. The maximum absolute atomic E-state index is 14.2. The highest BCUT2D eigenvalue weighted by Crippen LogP contribution is 2.32. The van der Waals surface area contributed by atoms with Crippen molar-refractivity contribution in [1.29, 1.82) is 0 Å². The number of amides is 1. The molecule has 3 aromatic carbocycles. The Morgan fingerprint density at radius 1 is 0.969 bits per heavy atom. The molecule has 1 heterocycles. The van der Waals surface area contributed by atoms with Crippen LogP contribution in [0.2, 0.25) is 0 Å². The zero-order valence-corrected chi connectivity index (χ0v) is 18.4. The summed E-state index contributed by atoms with van der Waals surface area (Å²) in [5.41, 5.74) is 0.756. The number of halogens is 2. The molecule has 0 N–H and O–H groups in total. The number of sulfone groups is 1. The summed E-state index contributed by atoms with van der Waals surface area (Å²) in [7, 11) is -3.65. The van der Waals surface area contributed by atoms with Crippen LogP contribution < -0.4 is 4.90 Å². The zero-order chi connectivity index (χ0) is 22.7. The van der Waals surface area contributed by atoms with E-state index >= 15 is 0 Å². The second kappa shape index (κ2) is 9.13. The average Bonchev–Trinajstić information content (AvgIpc) is 3.21. The van der Waals surface area contributed by atoms with Crippen LogP contribution in [-0.2, 0) is 21.2 Å². The lowest BCUT2D eigenvalue weighted by Gasteiger charge is -2.20. The summed E-state index contributed by atoms with van der Waals surface area (Å²) < 4.78 is 53.3. The molecule has 9 heteroatoms. The minimum Gasteiger partial charge on any atom is -0.284 e. The molecule has 0 bridgehead atoms. The fourth-order valence-corrected chi connectivity index (χ4v) is 5.46. The van der Waals surface area contributed by atoms with E-state index in [1.807, 2.05) is 30.3 Å². The molecule has 0 aliphatic rings. The molecular weight excluding hydrogens is 454 g/mol. The summed E-state index contributed by atoms with van der Waals surface area (Å²) in [6.07, 6.45) is -0.281. The fourth-order valence-electron chi connectivity index (χ4n) is 3.19. The lowest BCUT2D eigenvalue weighted by molar-refractivity contribution is -0.118. The highest BCUT2D eigenvalue weighted by atomic mass is 32.2. The summed E-state index contributed by atoms with van der Waals surface area (Å²) >= 11 is 0.976. The van der Waals surface area contributed by atoms with Gasteiger partial charge in [-0.3, -0.25) is 9.69 Å². The van der Waals surface area contributed by atoms with Crippen LogP contribution in [0.25, 0.3) is 10.2 Å². The standard InChI is InChI=1S/C23H18F2N2O3S2/c24-17-13-19(25)22-20(14-17)31-23(26-22)27(15-16-7-3-1-4-8-16)21(28)11-12-32(29,30)18-9-5-2-6-10-18/h1-10,13-14H,11-12,15H2. The monoisotopic (exact) mass is 472 g/mol. The van der Waals surface area contributed by atoms with Crippen LogP contribution in [0.1, 0.15) is 12.0 Å². The maximum Gasteiger partial charge on any atom is 0.230 e. The molecule has 1 aromatic heterocycles. The number of benzene rings is 3. The summed E-state index contributed by atoms with van der Waals surface area (Å²) in [4.78, 5) is 18.8. The molecule has 5 nitrogen and oxygen atoms in total. The van der Waals surface area contributed by atoms with E-state index in [0.717, 1.165) is 29.0 Å². The van der Waals surface area contributed by atoms with E-state index in [2.05, 4.69) is 4.98 Å². The van der Waals surface area contributed by atoms with Crippen LogP contribution in [0, 0.1) is 11.6 Å². The number of nitrogens with zero attached hydrogens (tertiary/aromatic N) is 2. The molecule has 0 radical (unpaired) electrons. The van der Waals surface area contributed by atoms with Gasteiger partial charge >= 0.3 is 0 Å². The molecule has 32 heavy (non-hydrogen) atoms. The Morgan fingerprint density at radius 3 is 2.31 bits per heavy atom. The number of rotatable bonds is 7. The maximum atomic E-state index is 14.2. The van der Waals surface area contributed by atoms with Gasteiger partial charge in [0.15, 0.2) is 20.8 Å². The molecule has 1 amide bonds. The predicted octanol–water partition coefficient (Wildman–Crippen LogP) is 4.97. The van der Waals surface area contributed by atoms with Crippen LogP contribution in [0.3, 0.4) is 0 Å². The number of hydrogen-bond acceptors (Lipinski definition) is 5. The van der Waals surface area contributed by atoms with Crippen molar-refractivity contribution in [3.63, 3.8) is 0 Å². The molecule has 0 saturated heterocycles. The van der Waals surface area contributed by atoms with Crippen molar-refractivity contribution in [2.24, 2.45) is 0 Å². The molecule has 0 atom stereocenters. The number of anilines is 1. The molecule has 164 valence electrons. The van der Waals surface area contributed by atoms with Gasteiger partial charge in [-0.1, -0.05) is 59.9 Å². The van der Waals surface area contributed by atoms with Gasteiger partial charge in [-0.15, -0.1) is 0 Å². The number of aromatic nitrogens is 1. The Morgan fingerprint density at radius 2 is 1.62 bits per heavy atom.